The van der Waals surface area contributed by atoms with Gasteiger partial charge in [-0.25, -0.2) is 4.98 Å². The highest BCUT2D eigenvalue weighted by Crippen LogP contribution is 2.26. The molecule has 2 heterocycles. The van der Waals surface area contributed by atoms with Crippen molar-refractivity contribution in [1.82, 2.24) is 4.98 Å². The molecule has 1 atom stereocenters. The van der Waals surface area contributed by atoms with E-state index in [4.69, 9.17) is 4.74 Å². The van der Waals surface area contributed by atoms with Crippen LogP contribution in [0.4, 0.5) is 5.82 Å². The lowest BCUT2D eigenvalue weighted by Crippen LogP contribution is -2.29. The molecule has 1 aliphatic rings. The summed E-state index contributed by atoms with van der Waals surface area (Å²) in [4.78, 5) is 6.72. The lowest BCUT2D eigenvalue weighted by molar-refractivity contribution is 0.116. The number of ether oxygens (including phenoxy) is 1. The monoisotopic (exact) mass is 272 g/mol. The average molecular weight is 272 g/mol. The molecule has 0 aliphatic carbocycles. The molecule has 1 unspecified atom stereocenters. The number of hydrogen-bond donors (Lipinski definition) is 1. The van der Waals surface area contributed by atoms with Crippen LogP contribution in [0.2, 0.25) is 0 Å². The van der Waals surface area contributed by atoms with Crippen LogP contribution in [-0.4, -0.2) is 36.4 Å². The molecule has 20 heavy (non-hydrogen) atoms. The van der Waals surface area contributed by atoms with Crippen molar-refractivity contribution in [3.05, 3.63) is 36.0 Å². The van der Waals surface area contributed by atoms with Crippen LogP contribution in [0.5, 0.6) is 0 Å². The van der Waals surface area contributed by atoms with Crippen LogP contribution in [0.3, 0.4) is 0 Å². The highest BCUT2D eigenvalue weighted by atomic mass is 16.5. The first kappa shape index (κ1) is 13.3. The van der Waals surface area contributed by atoms with E-state index in [1.54, 1.807) is 0 Å². The molecule has 4 heteroatoms. The molecule has 0 amide bonds. The van der Waals surface area contributed by atoms with Crippen molar-refractivity contribution in [2.75, 3.05) is 25.1 Å². The van der Waals surface area contributed by atoms with Gasteiger partial charge < -0.3 is 14.7 Å². The third-order valence-electron chi connectivity index (χ3n) is 3.80. The maximum absolute atomic E-state index is 9.38. The molecule has 1 aromatic heterocycles. The van der Waals surface area contributed by atoms with Crippen LogP contribution in [-0.2, 0) is 11.3 Å². The number of fused-ring (bicyclic) bond motifs is 1. The van der Waals surface area contributed by atoms with E-state index in [1.165, 1.54) is 0 Å². The molecule has 4 nitrogen and oxygen atoms in total. The van der Waals surface area contributed by atoms with Gasteiger partial charge in [0.05, 0.1) is 18.4 Å². The Morgan fingerprint density at radius 1 is 1.40 bits per heavy atom. The molecular weight excluding hydrogens is 252 g/mol. The number of rotatable bonds is 4. The third kappa shape index (κ3) is 2.62. The van der Waals surface area contributed by atoms with Gasteiger partial charge >= 0.3 is 0 Å². The van der Waals surface area contributed by atoms with Crippen molar-refractivity contribution < 1.29 is 9.84 Å². The van der Waals surface area contributed by atoms with Gasteiger partial charge in [-0.05, 0) is 24.3 Å². The number of hydrogen-bond acceptors (Lipinski definition) is 4. The van der Waals surface area contributed by atoms with E-state index >= 15 is 0 Å². The highest BCUT2D eigenvalue weighted by Gasteiger charge is 2.19. The van der Waals surface area contributed by atoms with Crippen molar-refractivity contribution in [3.63, 3.8) is 0 Å². The first-order chi connectivity index (χ1) is 9.78. The highest BCUT2D eigenvalue weighted by molar-refractivity contribution is 5.92. The molecule has 0 radical (unpaired) electrons. The van der Waals surface area contributed by atoms with Crippen LogP contribution < -0.4 is 4.90 Å². The van der Waals surface area contributed by atoms with Crippen LogP contribution in [0.15, 0.2) is 30.3 Å². The molecular formula is C16H20N2O2. The predicted molar refractivity (Wildman–Crippen MR) is 79.9 cm³/mol. The summed E-state index contributed by atoms with van der Waals surface area (Å²) in [5.74, 6) is 0.919. The summed E-state index contributed by atoms with van der Waals surface area (Å²) in [6.07, 6.45) is 2.55. The van der Waals surface area contributed by atoms with Crippen molar-refractivity contribution in [1.29, 1.82) is 0 Å². The smallest absolute Gasteiger partial charge is 0.136 e. The lowest BCUT2D eigenvalue weighted by Gasteiger charge is -2.23. The summed E-state index contributed by atoms with van der Waals surface area (Å²) in [5.41, 5.74) is 0.706. The summed E-state index contributed by atoms with van der Waals surface area (Å²) in [6.45, 7) is 1.67. The second-order valence-electron chi connectivity index (χ2n) is 5.33. The third-order valence-corrected chi connectivity index (χ3v) is 3.80. The van der Waals surface area contributed by atoms with Crippen molar-refractivity contribution >= 4 is 16.6 Å². The summed E-state index contributed by atoms with van der Waals surface area (Å²) >= 11 is 0. The summed E-state index contributed by atoms with van der Waals surface area (Å²) < 4.78 is 5.69. The number of likely N-dealkylation sites (N-methyl/N-ethyl adjacent to an activating group) is 1. The number of nitrogens with zero attached hydrogens (tertiary/aromatic N) is 2. The minimum atomic E-state index is -0.0361. The number of pyridine rings is 1. The Kier molecular flexibility index (Phi) is 3.85. The fourth-order valence-electron chi connectivity index (χ4n) is 2.79. The zero-order chi connectivity index (χ0) is 13.9. The predicted octanol–water partition coefficient (Wildman–Crippen LogP) is 2.34. The van der Waals surface area contributed by atoms with Crippen LogP contribution in [0.1, 0.15) is 18.5 Å². The number of aliphatic hydroxyl groups excluding tert-OH is 1. The maximum atomic E-state index is 9.38. The van der Waals surface area contributed by atoms with Crippen molar-refractivity contribution in [2.24, 2.45) is 0 Å². The average Bonchev–Trinajstić information content (AvgIpc) is 2.98. The maximum Gasteiger partial charge on any atom is 0.136 e. The van der Waals surface area contributed by atoms with Crippen LogP contribution in [0.25, 0.3) is 10.8 Å². The zero-order valence-electron chi connectivity index (χ0n) is 11.7. The minimum absolute atomic E-state index is 0.0361. The molecule has 1 fully saturated rings. The normalized spacial score (nSPS) is 18.6. The topological polar surface area (TPSA) is 45.6 Å². The Balaban J connectivity index is 1.95. The first-order valence-electron chi connectivity index (χ1n) is 7.10. The van der Waals surface area contributed by atoms with Gasteiger partial charge in [-0.3, -0.25) is 0 Å². The molecule has 0 saturated carbocycles. The second kappa shape index (κ2) is 5.77. The summed E-state index contributed by atoms with van der Waals surface area (Å²) in [6, 6.07) is 10.1. The fraction of sp³-hybridized carbons (Fsp3) is 0.438. The Morgan fingerprint density at radius 2 is 2.25 bits per heavy atom. The van der Waals surface area contributed by atoms with E-state index in [-0.39, 0.29) is 6.61 Å². The van der Waals surface area contributed by atoms with Gasteiger partial charge in [-0.15, -0.1) is 0 Å². The molecule has 1 aromatic carbocycles. The van der Waals surface area contributed by atoms with Gasteiger partial charge in [-0.2, -0.15) is 0 Å². The molecule has 1 N–H and O–H groups in total. The van der Waals surface area contributed by atoms with Gasteiger partial charge in [0.2, 0.25) is 0 Å². The van der Waals surface area contributed by atoms with Gasteiger partial charge in [0.25, 0.3) is 0 Å². The number of benzene rings is 1. The molecule has 1 aliphatic heterocycles. The minimum Gasteiger partial charge on any atom is -0.390 e. The van der Waals surface area contributed by atoms with Crippen molar-refractivity contribution in [3.8, 4) is 0 Å². The van der Waals surface area contributed by atoms with E-state index < -0.39 is 0 Å². The van der Waals surface area contributed by atoms with Crippen molar-refractivity contribution in [2.45, 2.75) is 25.6 Å². The standard InChI is InChI=1S/C16H20N2O2/c1-18(10-14-6-4-8-20-14)16-15-7-3-2-5-12(15)9-13(11-19)17-16/h2-3,5,7,9,14,19H,4,6,8,10-11H2,1H3. The summed E-state index contributed by atoms with van der Waals surface area (Å²) in [7, 11) is 2.04. The number of anilines is 1. The SMILES string of the molecule is CN(CC1CCCO1)c1nc(CO)cc2ccccc12. The van der Waals surface area contributed by atoms with Gasteiger partial charge in [-0.1, -0.05) is 24.3 Å². The Hall–Kier alpha value is -1.65. The van der Waals surface area contributed by atoms with Gasteiger partial charge in [0.1, 0.15) is 5.82 Å². The number of aromatic nitrogens is 1. The van der Waals surface area contributed by atoms with Crippen LogP contribution in [0, 0.1) is 0 Å². The second-order valence-corrected chi connectivity index (χ2v) is 5.33. The molecule has 2 aromatic rings. The van der Waals surface area contributed by atoms with E-state index in [2.05, 4.69) is 22.0 Å². The van der Waals surface area contributed by atoms with Crippen LogP contribution >= 0.6 is 0 Å². The molecule has 0 spiro atoms. The first-order valence-corrected chi connectivity index (χ1v) is 7.10. The Labute approximate surface area is 119 Å². The zero-order valence-corrected chi connectivity index (χ0v) is 11.7. The van der Waals surface area contributed by atoms with E-state index in [0.29, 0.717) is 11.8 Å². The van der Waals surface area contributed by atoms with Gasteiger partial charge in [0, 0.05) is 25.6 Å². The van der Waals surface area contributed by atoms with E-state index in [9.17, 15) is 5.11 Å². The largest absolute Gasteiger partial charge is 0.390 e. The molecule has 106 valence electrons. The molecule has 0 bridgehead atoms. The molecule has 1 saturated heterocycles. The summed E-state index contributed by atoms with van der Waals surface area (Å²) in [5, 5.41) is 11.6. The Morgan fingerprint density at radius 3 is 3.00 bits per heavy atom. The molecule has 3 rings (SSSR count). The fourth-order valence-corrected chi connectivity index (χ4v) is 2.79. The van der Waals surface area contributed by atoms with Gasteiger partial charge in [0.15, 0.2) is 0 Å². The van der Waals surface area contributed by atoms with E-state index in [1.807, 2.05) is 25.2 Å². The quantitative estimate of drug-likeness (QED) is 0.928. The Bertz CT molecular complexity index is 594. The van der Waals surface area contributed by atoms with E-state index in [0.717, 1.165) is 42.6 Å². The lowest BCUT2D eigenvalue weighted by atomic mass is 10.1. The number of aliphatic hydroxyl groups is 1.